The summed E-state index contributed by atoms with van der Waals surface area (Å²) in [7, 11) is 0. The SMILES string of the molecule is CC(C(=O)N1CCCCC1)N1CCNC[C@@H]1C. The molecule has 2 saturated heterocycles. The zero-order valence-electron chi connectivity index (χ0n) is 11.1. The lowest BCUT2D eigenvalue weighted by molar-refractivity contribution is -0.138. The van der Waals surface area contributed by atoms with Gasteiger partial charge in [0.15, 0.2) is 0 Å². The molecule has 0 aliphatic carbocycles. The van der Waals surface area contributed by atoms with Crippen LogP contribution in [0.2, 0.25) is 0 Å². The van der Waals surface area contributed by atoms with Crippen molar-refractivity contribution in [3.05, 3.63) is 0 Å². The second-order valence-corrected chi connectivity index (χ2v) is 5.35. The van der Waals surface area contributed by atoms with Crippen molar-refractivity contribution in [1.29, 1.82) is 0 Å². The largest absolute Gasteiger partial charge is 0.341 e. The van der Waals surface area contributed by atoms with Crippen molar-refractivity contribution in [1.82, 2.24) is 15.1 Å². The van der Waals surface area contributed by atoms with E-state index in [2.05, 4.69) is 29.0 Å². The Morgan fingerprint density at radius 3 is 2.59 bits per heavy atom. The van der Waals surface area contributed by atoms with Gasteiger partial charge in [-0.2, -0.15) is 0 Å². The number of rotatable bonds is 2. The molecule has 0 saturated carbocycles. The topological polar surface area (TPSA) is 35.6 Å². The van der Waals surface area contributed by atoms with Gasteiger partial charge in [0.25, 0.3) is 0 Å². The summed E-state index contributed by atoms with van der Waals surface area (Å²) in [5.41, 5.74) is 0. The van der Waals surface area contributed by atoms with Crippen LogP contribution >= 0.6 is 0 Å². The van der Waals surface area contributed by atoms with E-state index < -0.39 is 0 Å². The molecular formula is C13H25N3O. The maximum absolute atomic E-state index is 12.4. The zero-order valence-corrected chi connectivity index (χ0v) is 11.1. The van der Waals surface area contributed by atoms with Gasteiger partial charge in [-0.3, -0.25) is 9.69 Å². The van der Waals surface area contributed by atoms with Crippen molar-refractivity contribution in [2.24, 2.45) is 0 Å². The number of piperidine rings is 1. The van der Waals surface area contributed by atoms with E-state index in [4.69, 9.17) is 0 Å². The Hall–Kier alpha value is -0.610. The van der Waals surface area contributed by atoms with E-state index >= 15 is 0 Å². The number of hydrogen-bond donors (Lipinski definition) is 1. The van der Waals surface area contributed by atoms with Crippen molar-refractivity contribution in [3.63, 3.8) is 0 Å². The van der Waals surface area contributed by atoms with Gasteiger partial charge in [0.1, 0.15) is 0 Å². The molecule has 4 heteroatoms. The second kappa shape index (κ2) is 5.83. The van der Waals surface area contributed by atoms with Gasteiger partial charge in [0, 0.05) is 38.8 Å². The number of carbonyl (C=O) groups excluding carboxylic acids is 1. The Morgan fingerprint density at radius 2 is 1.94 bits per heavy atom. The van der Waals surface area contributed by atoms with Gasteiger partial charge >= 0.3 is 0 Å². The monoisotopic (exact) mass is 239 g/mol. The molecule has 2 rings (SSSR count). The molecule has 1 N–H and O–H groups in total. The molecule has 0 radical (unpaired) electrons. The molecule has 0 aromatic carbocycles. The number of carbonyl (C=O) groups is 1. The van der Waals surface area contributed by atoms with Gasteiger partial charge in [-0.15, -0.1) is 0 Å². The third-order valence-electron chi connectivity index (χ3n) is 4.08. The zero-order chi connectivity index (χ0) is 12.3. The van der Waals surface area contributed by atoms with E-state index in [0.717, 1.165) is 32.7 Å². The van der Waals surface area contributed by atoms with Crippen LogP contribution in [0.25, 0.3) is 0 Å². The molecule has 2 aliphatic heterocycles. The maximum Gasteiger partial charge on any atom is 0.239 e. The Labute approximate surface area is 104 Å². The normalized spacial score (nSPS) is 29.1. The molecule has 4 nitrogen and oxygen atoms in total. The summed E-state index contributed by atoms with van der Waals surface area (Å²) in [6, 6.07) is 0.512. The summed E-state index contributed by atoms with van der Waals surface area (Å²) in [5, 5.41) is 3.37. The molecule has 2 aliphatic rings. The van der Waals surface area contributed by atoms with E-state index in [1.165, 1.54) is 19.3 Å². The Bertz CT molecular complexity index is 263. The highest BCUT2D eigenvalue weighted by Gasteiger charge is 2.30. The summed E-state index contributed by atoms with van der Waals surface area (Å²) in [4.78, 5) is 16.8. The summed E-state index contributed by atoms with van der Waals surface area (Å²) < 4.78 is 0. The van der Waals surface area contributed by atoms with Crippen molar-refractivity contribution in [2.45, 2.75) is 45.2 Å². The average Bonchev–Trinajstić information content (AvgIpc) is 2.39. The first-order valence-electron chi connectivity index (χ1n) is 6.95. The summed E-state index contributed by atoms with van der Waals surface area (Å²) in [6.45, 7) is 9.18. The van der Waals surface area contributed by atoms with E-state index in [9.17, 15) is 4.79 Å². The van der Waals surface area contributed by atoms with Gasteiger partial charge in [-0.25, -0.2) is 0 Å². The Balaban J connectivity index is 1.92. The first-order valence-corrected chi connectivity index (χ1v) is 6.95. The molecule has 2 atom stereocenters. The van der Waals surface area contributed by atoms with Gasteiger partial charge in [0.2, 0.25) is 5.91 Å². The molecule has 17 heavy (non-hydrogen) atoms. The number of hydrogen-bond acceptors (Lipinski definition) is 3. The predicted molar refractivity (Wildman–Crippen MR) is 68.9 cm³/mol. The van der Waals surface area contributed by atoms with E-state index in [1.54, 1.807) is 0 Å². The highest BCUT2D eigenvalue weighted by atomic mass is 16.2. The smallest absolute Gasteiger partial charge is 0.239 e. The number of likely N-dealkylation sites (tertiary alicyclic amines) is 1. The summed E-state index contributed by atoms with van der Waals surface area (Å²) in [6.07, 6.45) is 3.63. The third kappa shape index (κ3) is 2.99. The molecule has 2 fully saturated rings. The first-order chi connectivity index (χ1) is 8.20. The Kier molecular flexibility index (Phi) is 4.40. The van der Waals surface area contributed by atoms with Crippen LogP contribution < -0.4 is 5.32 Å². The van der Waals surface area contributed by atoms with Crippen molar-refractivity contribution >= 4 is 5.91 Å². The van der Waals surface area contributed by atoms with Crippen LogP contribution in [0, 0.1) is 0 Å². The fourth-order valence-electron chi connectivity index (χ4n) is 2.95. The molecule has 2 heterocycles. The molecular weight excluding hydrogens is 214 g/mol. The fourth-order valence-corrected chi connectivity index (χ4v) is 2.95. The minimum absolute atomic E-state index is 0.0465. The van der Waals surface area contributed by atoms with Crippen LogP contribution in [0.3, 0.4) is 0 Å². The quantitative estimate of drug-likeness (QED) is 0.770. The highest BCUT2D eigenvalue weighted by molar-refractivity contribution is 5.81. The maximum atomic E-state index is 12.4. The van der Waals surface area contributed by atoms with Crippen LogP contribution in [0.1, 0.15) is 33.1 Å². The van der Waals surface area contributed by atoms with Crippen molar-refractivity contribution in [2.75, 3.05) is 32.7 Å². The summed E-state index contributed by atoms with van der Waals surface area (Å²) in [5.74, 6) is 0.332. The van der Waals surface area contributed by atoms with E-state index in [0.29, 0.717) is 11.9 Å². The van der Waals surface area contributed by atoms with Gasteiger partial charge < -0.3 is 10.2 Å². The van der Waals surface area contributed by atoms with Crippen LogP contribution in [0.5, 0.6) is 0 Å². The molecule has 0 bridgehead atoms. The highest BCUT2D eigenvalue weighted by Crippen LogP contribution is 2.14. The molecule has 1 unspecified atom stereocenters. The van der Waals surface area contributed by atoms with Gasteiger partial charge in [-0.1, -0.05) is 0 Å². The van der Waals surface area contributed by atoms with Crippen LogP contribution in [0.4, 0.5) is 0 Å². The van der Waals surface area contributed by atoms with Crippen LogP contribution in [0.15, 0.2) is 0 Å². The van der Waals surface area contributed by atoms with Gasteiger partial charge in [0.05, 0.1) is 6.04 Å². The van der Waals surface area contributed by atoms with Crippen molar-refractivity contribution < 1.29 is 4.79 Å². The van der Waals surface area contributed by atoms with E-state index in [1.807, 2.05) is 0 Å². The first kappa shape index (κ1) is 12.8. The van der Waals surface area contributed by atoms with E-state index in [-0.39, 0.29) is 6.04 Å². The average molecular weight is 239 g/mol. The van der Waals surface area contributed by atoms with Crippen molar-refractivity contribution in [3.8, 4) is 0 Å². The van der Waals surface area contributed by atoms with Gasteiger partial charge in [-0.05, 0) is 33.1 Å². The third-order valence-corrected chi connectivity index (χ3v) is 4.08. The minimum atomic E-state index is 0.0465. The standard InChI is InChI=1S/C13H25N3O/c1-11-10-14-6-9-16(11)12(2)13(17)15-7-4-3-5-8-15/h11-12,14H,3-10H2,1-2H3/t11-,12?/m0/s1. The summed E-state index contributed by atoms with van der Waals surface area (Å²) >= 11 is 0. The number of amides is 1. The lowest BCUT2D eigenvalue weighted by Gasteiger charge is -2.40. The second-order valence-electron chi connectivity index (χ2n) is 5.35. The lowest BCUT2D eigenvalue weighted by Crippen LogP contribution is -2.58. The molecule has 0 aromatic rings. The minimum Gasteiger partial charge on any atom is -0.341 e. The Morgan fingerprint density at radius 1 is 1.24 bits per heavy atom. The molecule has 1 amide bonds. The van der Waals surface area contributed by atoms with Crippen LogP contribution in [-0.4, -0.2) is 60.5 Å². The molecule has 0 aromatic heterocycles. The molecule has 98 valence electrons. The number of nitrogens with zero attached hydrogens (tertiary/aromatic N) is 2. The lowest BCUT2D eigenvalue weighted by atomic mass is 10.1. The molecule has 0 spiro atoms. The van der Waals surface area contributed by atoms with Crippen LogP contribution in [-0.2, 0) is 4.79 Å². The fraction of sp³-hybridized carbons (Fsp3) is 0.923. The number of piperazine rings is 1. The number of nitrogens with one attached hydrogen (secondary N) is 1. The predicted octanol–water partition coefficient (Wildman–Crippen LogP) is 0.681.